The van der Waals surface area contributed by atoms with Gasteiger partial charge in [-0.05, 0) is 92.5 Å². The average molecular weight is 585 g/mol. The average Bonchev–Trinajstić information content (AvgIpc) is 2.63. The molecule has 6 nitrogen and oxygen atoms in total. The van der Waals surface area contributed by atoms with Crippen molar-refractivity contribution in [2.75, 3.05) is 19.8 Å². The molecule has 0 N–H and O–H groups in total. The normalized spacial score (nSPS) is 14.1. The van der Waals surface area contributed by atoms with E-state index in [-0.39, 0.29) is 0 Å². The van der Waals surface area contributed by atoms with Crippen molar-refractivity contribution in [1.82, 2.24) is 0 Å². The Morgan fingerprint density at radius 1 is 0.371 bits per heavy atom. The van der Waals surface area contributed by atoms with E-state index in [0.717, 1.165) is 24.9 Å². The maximum Gasteiger partial charge on any atom is 0.500 e. The molecule has 0 saturated heterocycles. The van der Waals surface area contributed by atoms with Crippen LogP contribution in [0, 0.1) is 0 Å². The van der Waals surface area contributed by atoms with Crippen LogP contribution in [0.4, 0.5) is 0 Å². The lowest BCUT2D eigenvalue weighted by Gasteiger charge is -2.43. The summed E-state index contributed by atoms with van der Waals surface area (Å²) in [5.74, 6) is 0. The Balaban J connectivity index is 4.69. The fraction of sp³-hybridized carbons (Fsp3) is 1.00. The zero-order valence-electron chi connectivity index (χ0n) is 25.4. The van der Waals surface area contributed by atoms with Crippen LogP contribution in [0.25, 0.3) is 0 Å². The van der Waals surface area contributed by atoms with Crippen LogP contribution in [0.5, 0.6) is 0 Å². The molecule has 0 radical (unpaired) electrons. The zero-order chi connectivity index (χ0) is 27.2. The quantitative estimate of drug-likeness (QED) is 0.0943. The molecule has 0 amide bonds. The predicted molar refractivity (Wildman–Crippen MR) is 162 cm³/mol. The lowest BCUT2D eigenvalue weighted by molar-refractivity contribution is 0.0706. The fourth-order valence-electron chi connectivity index (χ4n) is 4.18. The SMILES string of the molecule is CCO[Si](CCCCCCCCC[Si](O[Si](C)(C)C)(O[Si](C)(C)C)O[Si](C)(C)C)(OCC)OCC. The minimum Gasteiger partial charge on any atom is -0.417 e. The molecular formula is C24H60O6Si5. The molecule has 212 valence electrons. The molecule has 0 fully saturated rings. The standard InChI is InChI=1S/C24H60O6Si5/c1-13-25-34(26-14-2,27-15-3)23-21-19-17-16-18-20-22-24-35(28-31(4,5)6,29-32(7,8)9)30-33(10,11)12/h13-24H2,1-12H3. The van der Waals surface area contributed by atoms with Crippen LogP contribution < -0.4 is 0 Å². The van der Waals surface area contributed by atoms with Crippen molar-refractivity contribution in [2.45, 2.75) is 137 Å². The molecule has 0 aromatic carbocycles. The zero-order valence-corrected chi connectivity index (χ0v) is 30.4. The Hall–Kier alpha value is 0.844. The Morgan fingerprint density at radius 3 is 0.886 bits per heavy atom. The lowest BCUT2D eigenvalue weighted by atomic mass is 10.1. The van der Waals surface area contributed by atoms with Gasteiger partial charge in [0.05, 0.1) is 0 Å². The topological polar surface area (TPSA) is 55.4 Å². The molecule has 0 atom stereocenters. The minimum atomic E-state index is -2.68. The molecule has 0 bridgehead atoms. The van der Waals surface area contributed by atoms with E-state index >= 15 is 0 Å². The molecule has 11 heteroatoms. The summed E-state index contributed by atoms with van der Waals surface area (Å²) in [6.45, 7) is 28.4. The van der Waals surface area contributed by atoms with Gasteiger partial charge in [0, 0.05) is 31.9 Å². The van der Waals surface area contributed by atoms with Gasteiger partial charge in [0.2, 0.25) is 0 Å². The molecule has 0 unspecified atom stereocenters. The molecule has 0 aliphatic carbocycles. The molecule has 0 saturated carbocycles. The van der Waals surface area contributed by atoms with Crippen LogP contribution in [0.2, 0.25) is 71.0 Å². The summed E-state index contributed by atoms with van der Waals surface area (Å²) in [5, 5.41) is 0. The molecule has 0 aliphatic heterocycles. The Labute approximate surface area is 224 Å². The van der Waals surface area contributed by atoms with Crippen LogP contribution in [-0.4, -0.2) is 62.4 Å². The molecule has 35 heavy (non-hydrogen) atoms. The highest BCUT2D eigenvalue weighted by Gasteiger charge is 2.49. The fourth-order valence-corrected chi connectivity index (χ4v) is 21.6. The smallest absolute Gasteiger partial charge is 0.417 e. The van der Waals surface area contributed by atoms with Gasteiger partial charge in [-0.25, -0.2) is 0 Å². The van der Waals surface area contributed by atoms with Crippen LogP contribution >= 0.6 is 0 Å². The van der Waals surface area contributed by atoms with Crippen molar-refractivity contribution in [1.29, 1.82) is 0 Å². The van der Waals surface area contributed by atoms with Crippen molar-refractivity contribution in [3.05, 3.63) is 0 Å². The summed E-state index contributed by atoms with van der Waals surface area (Å²) in [7, 11) is -10.5. The van der Waals surface area contributed by atoms with E-state index in [1.807, 2.05) is 20.8 Å². The third kappa shape index (κ3) is 18.7. The van der Waals surface area contributed by atoms with E-state index in [9.17, 15) is 0 Å². The van der Waals surface area contributed by atoms with Crippen molar-refractivity contribution in [2.24, 2.45) is 0 Å². The van der Waals surface area contributed by atoms with Gasteiger partial charge in [-0.3, -0.25) is 0 Å². The summed E-state index contributed by atoms with van der Waals surface area (Å²) >= 11 is 0. The highest BCUT2D eigenvalue weighted by atomic mass is 28.5. The van der Waals surface area contributed by atoms with Crippen LogP contribution in [-0.2, 0) is 25.6 Å². The molecule has 0 aliphatic rings. The molecule has 0 rings (SSSR count). The monoisotopic (exact) mass is 584 g/mol. The van der Waals surface area contributed by atoms with E-state index in [1.54, 1.807) is 0 Å². The number of unbranched alkanes of at least 4 members (excludes halogenated alkanes) is 6. The highest BCUT2D eigenvalue weighted by molar-refractivity contribution is 6.90. The molecule has 0 aromatic heterocycles. The second kappa shape index (κ2) is 16.7. The van der Waals surface area contributed by atoms with E-state index in [4.69, 9.17) is 25.6 Å². The maximum atomic E-state index is 6.80. The molecule has 0 heterocycles. The van der Waals surface area contributed by atoms with Gasteiger partial charge in [0.15, 0.2) is 25.0 Å². The maximum absolute atomic E-state index is 6.80. The molecular weight excluding hydrogens is 525 g/mol. The number of hydrogen-bond acceptors (Lipinski definition) is 6. The second-order valence-corrected chi connectivity index (χ2v) is 32.0. The van der Waals surface area contributed by atoms with E-state index < -0.39 is 42.6 Å². The van der Waals surface area contributed by atoms with Crippen molar-refractivity contribution < 1.29 is 25.6 Å². The summed E-state index contributed by atoms with van der Waals surface area (Å²) in [5.41, 5.74) is 0. The molecule has 0 spiro atoms. The van der Waals surface area contributed by atoms with Crippen LogP contribution in [0.1, 0.15) is 65.7 Å². The highest BCUT2D eigenvalue weighted by Crippen LogP contribution is 2.31. The van der Waals surface area contributed by atoms with Crippen molar-refractivity contribution >= 4 is 42.6 Å². The number of hydrogen-bond donors (Lipinski definition) is 0. The van der Waals surface area contributed by atoms with Gasteiger partial charge in [0.1, 0.15) is 0 Å². The lowest BCUT2D eigenvalue weighted by Crippen LogP contribution is -2.60. The summed E-state index contributed by atoms with van der Waals surface area (Å²) in [6.07, 6.45) is 8.42. The van der Waals surface area contributed by atoms with E-state index in [0.29, 0.717) is 19.8 Å². The first kappa shape index (κ1) is 35.8. The third-order valence-corrected chi connectivity index (χ3v) is 20.1. The van der Waals surface area contributed by atoms with Crippen LogP contribution in [0.3, 0.4) is 0 Å². The van der Waals surface area contributed by atoms with Gasteiger partial charge in [-0.2, -0.15) is 0 Å². The van der Waals surface area contributed by atoms with Crippen molar-refractivity contribution in [3.8, 4) is 0 Å². The largest absolute Gasteiger partial charge is 0.500 e. The summed E-state index contributed by atoms with van der Waals surface area (Å²) < 4.78 is 38.3. The first-order valence-corrected chi connectivity index (χ1v) is 28.1. The van der Waals surface area contributed by atoms with Crippen LogP contribution in [0.15, 0.2) is 0 Å². The first-order chi connectivity index (χ1) is 16.0. The van der Waals surface area contributed by atoms with E-state index in [2.05, 4.69) is 58.9 Å². The Morgan fingerprint density at radius 2 is 0.629 bits per heavy atom. The van der Waals surface area contributed by atoms with Gasteiger partial charge >= 0.3 is 17.6 Å². The van der Waals surface area contributed by atoms with Gasteiger partial charge < -0.3 is 25.6 Å². The third-order valence-electron chi connectivity index (χ3n) is 4.94. The first-order valence-electron chi connectivity index (χ1n) is 14.0. The van der Waals surface area contributed by atoms with Gasteiger partial charge in [0.25, 0.3) is 0 Å². The van der Waals surface area contributed by atoms with Crippen molar-refractivity contribution in [3.63, 3.8) is 0 Å². The summed E-state index contributed by atoms with van der Waals surface area (Å²) in [4.78, 5) is 0. The minimum absolute atomic E-state index is 0.654. The summed E-state index contributed by atoms with van der Waals surface area (Å²) in [6, 6.07) is 1.88. The Bertz CT molecular complexity index is 488. The van der Waals surface area contributed by atoms with E-state index in [1.165, 1.54) is 32.1 Å². The number of rotatable bonds is 22. The predicted octanol–water partition coefficient (Wildman–Crippen LogP) is 8.26. The van der Waals surface area contributed by atoms with Gasteiger partial charge in [-0.15, -0.1) is 0 Å². The van der Waals surface area contributed by atoms with Gasteiger partial charge in [-0.1, -0.05) is 32.1 Å². The Kier molecular flexibility index (Phi) is 17.1. The molecule has 0 aromatic rings. The second-order valence-electron chi connectivity index (χ2n) is 12.3.